The molecule has 0 spiro atoms. The van der Waals surface area contributed by atoms with Crippen molar-refractivity contribution in [3.63, 3.8) is 0 Å². The van der Waals surface area contributed by atoms with E-state index < -0.39 is 5.97 Å². The first-order valence-electron chi connectivity index (χ1n) is 6.72. The number of hydrogen-bond donors (Lipinski definition) is 3. The van der Waals surface area contributed by atoms with Crippen LogP contribution in [0, 0.1) is 11.8 Å². The fourth-order valence-electron chi connectivity index (χ4n) is 2.01. The van der Waals surface area contributed by atoms with Crippen molar-refractivity contribution in [3.8, 4) is 0 Å². The number of carboxylic acids is 1. The second kappa shape index (κ2) is 7.36. The molecule has 0 aromatic carbocycles. The quantitative estimate of drug-likeness (QED) is 0.605. The van der Waals surface area contributed by atoms with Crippen LogP contribution in [0.3, 0.4) is 0 Å². The third-order valence-corrected chi connectivity index (χ3v) is 3.44. The molecule has 3 N–H and O–H groups in total. The molecule has 1 saturated heterocycles. The van der Waals surface area contributed by atoms with Gasteiger partial charge < -0.3 is 15.7 Å². The molecule has 1 rings (SSSR count). The molecule has 1 amide bonds. The highest BCUT2D eigenvalue weighted by atomic mass is 16.4. The van der Waals surface area contributed by atoms with Gasteiger partial charge in [0.1, 0.15) is 0 Å². The summed E-state index contributed by atoms with van der Waals surface area (Å²) >= 11 is 0. The topological polar surface area (TPSA) is 78.4 Å². The number of amides is 1. The molecule has 0 radical (unpaired) electrons. The van der Waals surface area contributed by atoms with Gasteiger partial charge in [0, 0.05) is 12.5 Å². The Hall–Kier alpha value is -1.10. The zero-order valence-corrected chi connectivity index (χ0v) is 11.2. The van der Waals surface area contributed by atoms with E-state index in [2.05, 4.69) is 10.6 Å². The maximum absolute atomic E-state index is 11.6. The van der Waals surface area contributed by atoms with Gasteiger partial charge >= 0.3 is 5.97 Å². The van der Waals surface area contributed by atoms with Crippen LogP contribution < -0.4 is 10.6 Å². The molecule has 1 aliphatic heterocycles. The third-order valence-electron chi connectivity index (χ3n) is 3.44. The smallest absolute Gasteiger partial charge is 0.306 e. The largest absolute Gasteiger partial charge is 0.481 e. The van der Waals surface area contributed by atoms with Crippen LogP contribution in [0.25, 0.3) is 0 Å². The third kappa shape index (κ3) is 5.49. The van der Waals surface area contributed by atoms with Crippen LogP contribution >= 0.6 is 0 Å². The standard InChI is InChI=1S/C13H24N2O3/c1-9(13(17)18)4-3-5-10(2)15-12(16)6-11-7-14-8-11/h9-11,14H,3-8H2,1-2H3,(H,15,16)(H,17,18). The second-order valence-corrected chi connectivity index (χ2v) is 5.37. The van der Waals surface area contributed by atoms with Crippen LogP contribution in [0.1, 0.15) is 39.5 Å². The average molecular weight is 256 g/mol. The van der Waals surface area contributed by atoms with E-state index in [0.29, 0.717) is 18.8 Å². The molecule has 0 aliphatic carbocycles. The molecular formula is C13H24N2O3. The Balaban J connectivity index is 2.06. The molecule has 0 aromatic heterocycles. The van der Waals surface area contributed by atoms with E-state index in [4.69, 9.17) is 5.11 Å². The van der Waals surface area contributed by atoms with Crippen molar-refractivity contribution in [3.05, 3.63) is 0 Å². The first-order chi connectivity index (χ1) is 8.49. The summed E-state index contributed by atoms with van der Waals surface area (Å²) in [5.74, 6) is -0.442. The molecule has 104 valence electrons. The van der Waals surface area contributed by atoms with Crippen molar-refractivity contribution < 1.29 is 14.7 Å². The minimum absolute atomic E-state index is 0.111. The Morgan fingerprint density at radius 2 is 2.00 bits per heavy atom. The van der Waals surface area contributed by atoms with E-state index in [1.807, 2.05) is 6.92 Å². The van der Waals surface area contributed by atoms with Crippen LogP contribution in [0.15, 0.2) is 0 Å². The first kappa shape index (κ1) is 15.0. The van der Waals surface area contributed by atoms with Gasteiger partial charge in [0.05, 0.1) is 5.92 Å². The van der Waals surface area contributed by atoms with E-state index in [0.717, 1.165) is 25.9 Å². The minimum atomic E-state index is -0.746. The maximum Gasteiger partial charge on any atom is 0.306 e. The van der Waals surface area contributed by atoms with Crippen molar-refractivity contribution in [2.75, 3.05) is 13.1 Å². The second-order valence-electron chi connectivity index (χ2n) is 5.37. The molecule has 1 heterocycles. The van der Waals surface area contributed by atoms with Crippen molar-refractivity contribution in [1.29, 1.82) is 0 Å². The lowest BCUT2D eigenvalue weighted by Crippen LogP contribution is -2.45. The van der Waals surface area contributed by atoms with Crippen LogP contribution in [0.2, 0.25) is 0 Å². The fraction of sp³-hybridized carbons (Fsp3) is 0.846. The fourth-order valence-corrected chi connectivity index (χ4v) is 2.01. The highest BCUT2D eigenvalue weighted by Crippen LogP contribution is 2.11. The van der Waals surface area contributed by atoms with Crippen molar-refractivity contribution in [1.82, 2.24) is 10.6 Å². The maximum atomic E-state index is 11.6. The van der Waals surface area contributed by atoms with Gasteiger partial charge in [-0.05, 0) is 38.8 Å². The van der Waals surface area contributed by atoms with Crippen LogP contribution in [-0.2, 0) is 9.59 Å². The molecule has 5 heteroatoms. The van der Waals surface area contributed by atoms with Gasteiger partial charge in [-0.25, -0.2) is 0 Å². The first-order valence-corrected chi connectivity index (χ1v) is 6.72. The molecule has 18 heavy (non-hydrogen) atoms. The van der Waals surface area contributed by atoms with Gasteiger partial charge in [-0.2, -0.15) is 0 Å². The number of nitrogens with one attached hydrogen (secondary N) is 2. The van der Waals surface area contributed by atoms with Crippen LogP contribution in [0.4, 0.5) is 0 Å². The molecule has 2 atom stereocenters. The number of carbonyl (C=O) groups is 2. The minimum Gasteiger partial charge on any atom is -0.481 e. The van der Waals surface area contributed by atoms with Gasteiger partial charge in [-0.3, -0.25) is 9.59 Å². The zero-order valence-electron chi connectivity index (χ0n) is 11.2. The SMILES string of the molecule is CC(CCCC(C)C(=O)O)NC(=O)CC1CNC1. The Labute approximate surface area is 108 Å². The molecule has 2 unspecified atom stereocenters. The molecule has 0 aromatic rings. The van der Waals surface area contributed by atoms with Gasteiger partial charge in [0.15, 0.2) is 0 Å². The lowest BCUT2D eigenvalue weighted by molar-refractivity contribution is -0.141. The number of carboxylic acid groups (broad SMARTS) is 1. The number of rotatable bonds is 8. The Kier molecular flexibility index (Phi) is 6.12. The highest BCUT2D eigenvalue weighted by molar-refractivity contribution is 5.76. The number of carbonyl (C=O) groups excluding carboxylic acids is 1. The van der Waals surface area contributed by atoms with Crippen molar-refractivity contribution in [2.24, 2.45) is 11.8 Å². The Morgan fingerprint density at radius 3 is 2.50 bits per heavy atom. The van der Waals surface area contributed by atoms with Crippen LogP contribution in [0.5, 0.6) is 0 Å². The molecule has 0 bridgehead atoms. The zero-order chi connectivity index (χ0) is 13.5. The summed E-state index contributed by atoms with van der Waals surface area (Å²) in [5, 5.41) is 14.9. The highest BCUT2D eigenvalue weighted by Gasteiger charge is 2.20. The van der Waals surface area contributed by atoms with Gasteiger partial charge in [-0.15, -0.1) is 0 Å². The predicted octanol–water partition coefficient (Wildman–Crippen LogP) is 0.992. The molecule has 5 nitrogen and oxygen atoms in total. The van der Waals surface area contributed by atoms with E-state index >= 15 is 0 Å². The lowest BCUT2D eigenvalue weighted by atomic mass is 9.98. The summed E-state index contributed by atoms with van der Waals surface area (Å²) in [4.78, 5) is 22.3. The predicted molar refractivity (Wildman–Crippen MR) is 69.2 cm³/mol. The summed E-state index contributed by atoms with van der Waals surface area (Å²) in [7, 11) is 0. The Bertz CT molecular complexity index is 290. The van der Waals surface area contributed by atoms with E-state index in [9.17, 15) is 9.59 Å². The van der Waals surface area contributed by atoms with Gasteiger partial charge in [0.2, 0.25) is 5.91 Å². The molecule has 0 saturated carbocycles. The average Bonchev–Trinajstić information content (AvgIpc) is 2.23. The molecular weight excluding hydrogens is 232 g/mol. The lowest BCUT2D eigenvalue weighted by Gasteiger charge is -2.27. The summed E-state index contributed by atoms with van der Waals surface area (Å²) in [6, 6.07) is 0.131. The number of aliphatic carboxylic acids is 1. The molecule has 1 fully saturated rings. The van der Waals surface area contributed by atoms with E-state index in [1.165, 1.54) is 0 Å². The Morgan fingerprint density at radius 1 is 1.33 bits per heavy atom. The van der Waals surface area contributed by atoms with Crippen molar-refractivity contribution in [2.45, 2.75) is 45.6 Å². The van der Waals surface area contributed by atoms with E-state index in [1.54, 1.807) is 6.92 Å². The van der Waals surface area contributed by atoms with E-state index in [-0.39, 0.29) is 17.9 Å². The monoisotopic (exact) mass is 256 g/mol. The number of hydrogen-bond acceptors (Lipinski definition) is 3. The summed E-state index contributed by atoms with van der Waals surface area (Å²) in [5.41, 5.74) is 0. The summed E-state index contributed by atoms with van der Waals surface area (Å²) < 4.78 is 0. The molecule has 1 aliphatic rings. The van der Waals surface area contributed by atoms with Crippen LogP contribution in [-0.4, -0.2) is 36.1 Å². The van der Waals surface area contributed by atoms with Gasteiger partial charge in [0.25, 0.3) is 0 Å². The summed E-state index contributed by atoms with van der Waals surface area (Å²) in [6.07, 6.45) is 2.94. The summed E-state index contributed by atoms with van der Waals surface area (Å²) in [6.45, 7) is 5.58. The van der Waals surface area contributed by atoms with Crippen molar-refractivity contribution >= 4 is 11.9 Å². The normalized spacial score (nSPS) is 18.8. The van der Waals surface area contributed by atoms with Gasteiger partial charge in [-0.1, -0.05) is 13.3 Å².